The number of hydrogen-bond donors (Lipinski definition) is 3. The van der Waals surface area contributed by atoms with Crippen LogP contribution in [0.3, 0.4) is 0 Å². The molecule has 2 amide bonds. The lowest BCUT2D eigenvalue weighted by atomic mass is 10.0. The Morgan fingerprint density at radius 1 is 1.24 bits per heavy atom. The molecule has 0 aliphatic rings. The average molecular weight is 500 g/mol. The Kier molecular flexibility index (Phi) is 7.89. The van der Waals surface area contributed by atoms with E-state index in [4.69, 9.17) is 21.1 Å². The number of carbonyl (C=O) groups is 1. The van der Waals surface area contributed by atoms with E-state index in [1.54, 1.807) is 13.8 Å². The Hall–Kier alpha value is -3.45. The lowest BCUT2D eigenvalue weighted by Gasteiger charge is -2.12. The van der Waals surface area contributed by atoms with Crippen molar-refractivity contribution in [1.29, 1.82) is 0 Å². The van der Waals surface area contributed by atoms with Gasteiger partial charge in [-0.1, -0.05) is 11.6 Å². The molecule has 0 atom stereocenters. The number of amides is 2. The minimum absolute atomic E-state index is 0.0104. The van der Waals surface area contributed by atoms with Crippen molar-refractivity contribution in [3.8, 4) is 17.1 Å². The number of aromatic nitrogens is 5. The first-order chi connectivity index (χ1) is 16.1. The van der Waals surface area contributed by atoms with E-state index in [1.807, 2.05) is 0 Å². The largest absolute Gasteiger partial charge is 0.478 e. The Morgan fingerprint density at radius 3 is 2.65 bits per heavy atom. The van der Waals surface area contributed by atoms with E-state index >= 15 is 0 Å². The minimum Gasteiger partial charge on any atom is -0.478 e. The number of halogens is 4. The van der Waals surface area contributed by atoms with Crippen LogP contribution in [0.15, 0.2) is 18.2 Å². The molecule has 3 rings (SSSR count). The fourth-order valence-electron chi connectivity index (χ4n) is 3.07. The fourth-order valence-corrected chi connectivity index (χ4v) is 3.27. The smallest absolute Gasteiger partial charge is 0.435 e. The standard InChI is InChI=1S/C20H21ClF3N7O3/c1-4-34-15-7-11(6-14(21)27-15)26-19(32)25-8-12-5-10(2)17(30-28-12)16-13(9-33-3)29-31-18(16)20(22,23)24/h5-7H,4,8-9H2,1-3H3,(H,29,31)(H2,25,26,27,32). The Morgan fingerprint density at radius 2 is 2.00 bits per heavy atom. The number of aromatic amines is 1. The van der Waals surface area contributed by atoms with Gasteiger partial charge in [-0.05, 0) is 31.5 Å². The highest BCUT2D eigenvalue weighted by Gasteiger charge is 2.39. The van der Waals surface area contributed by atoms with Gasteiger partial charge in [0.05, 0.1) is 42.4 Å². The normalized spacial score (nSPS) is 11.4. The number of nitrogens with one attached hydrogen (secondary N) is 3. The third-order valence-electron chi connectivity index (χ3n) is 4.42. The molecule has 182 valence electrons. The van der Waals surface area contributed by atoms with Gasteiger partial charge in [0, 0.05) is 13.2 Å². The number of carbonyl (C=O) groups excluding carboxylic acids is 1. The van der Waals surface area contributed by atoms with Crippen molar-refractivity contribution in [2.24, 2.45) is 0 Å². The maximum atomic E-state index is 13.4. The molecule has 0 bridgehead atoms. The molecule has 0 spiro atoms. The van der Waals surface area contributed by atoms with Crippen LogP contribution in [-0.2, 0) is 24.1 Å². The SMILES string of the molecule is CCOc1cc(NC(=O)NCc2cc(C)c(-c3c(C(F)(F)F)n[nH]c3COC)nn2)cc(Cl)n1. The third kappa shape index (κ3) is 6.11. The first-order valence-electron chi connectivity index (χ1n) is 9.94. The summed E-state index contributed by atoms with van der Waals surface area (Å²) in [5, 5.41) is 19.0. The molecule has 14 heteroatoms. The van der Waals surface area contributed by atoms with Crippen LogP contribution in [0.25, 0.3) is 11.3 Å². The molecule has 0 aliphatic heterocycles. The number of aryl methyl sites for hydroxylation is 1. The molecule has 34 heavy (non-hydrogen) atoms. The van der Waals surface area contributed by atoms with Gasteiger partial charge >= 0.3 is 12.2 Å². The number of rotatable bonds is 8. The molecular formula is C20H21ClF3N7O3. The van der Waals surface area contributed by atoms with Crippen LogP contribution in [0.4, 0.5) is 23.7 Å². The molecule has 3 N–H and O–H groups in total. The maximum Gasteiger partial charge on any atom is 0.435 e. The number of methoxy groups -OCH3 is 1. The summed E-state index contributed by atoms with van der Waals surface area (Å²) in [4.78, 5) is 16.2. The van der Waals surface area contributed by atoms with Crippen molar-refractivity contribution in [3.63, 3.8) is 0 Å². The number of anilines is 1. The van der Waals surface area contributed by atoms with Crippen molar-refractivity contribution in [2.75, 3.05) is 19.0 Å². The van der Waals surface area contributed by atoms with Crippen molar-refractivity contribution in [2.45, 2.75) is 33.2 Å². The molecule has 0 saturated heterocycles. The van der Waals surface area contributed by atoms with Crippen LogP contribution in [-0.4, -0.2) is 45.1 Å². The molecule has 10 nitrogen and oxygen atoms in total. The highest BCUT2D eigenvalue weighted by atomic mass is 35.5. The van der Waals surface area contributed by atoms with Gasteiger partial charge in [-0.3, -0.25) is 5.10 Å². The summed E-state index contributed by atoms with van der Waals surface area (Å²) < 4.78 is 50.5. The summed E-state index contributed by atoms with van der Waals surface area (Å²) in [5.41, 5.74) is -0.0795. The van der Waals surface area contributed by atoms with E-state index < -0.39 is 17.9 Å². The number of alkyl halides is 3. The van der Waals surface area contributed by atoms with Crippen LogP contribution in [0, 0.1) is 6.92 Å². The molecule has 0 aromatic carbocycles. The van der Waals surface area contributed by atoms with Crippen molar-refractivity contribution < 1.29 is 27.4 Å². The average Bonchev–Trinajstić information content (AvgIpc) is 3.16. The van der Waals surface area contributed by atoms with Crippen LogP contribution < -0.4 is 15.4 Å². The Labute approximate surface area is 197 Å². The fraction of sp³-hybridized carbons (Fsp3) is 0.350. The van der Waals surface area contributed by atoms with E-state index in [0.29, 0.717) is 23.6 Å². The summed E-state index contributed by atoms with van der Waals surface area (Å²) >= 11 is 5.92. The summed E-state index contributed by atoms with van der Waals surface area (Å²) in [6, 6.07) is 3.92. The van der Waals surface area contributed by atoms with Crippen LogP contribution >= 0.6 is 11.6 Å². The van der Waals surface area contributed by atoms with Gasteiger partial charge in [0.25, 0.3) is 0 Å². The number of hydrogen-bond acceptors (Lipinski definition) is 7. The highest BCUT2D eigenvalue weighted by Crippen LogP contribution is 2.38. The first kappa shape index (κ1) is 25.2. The number of ether oxygens (including phenoxy) is 2. The molecule has 0 saturated carbocycles. The zero-order valence-electron chi connectivity index (χ0n) is 18.4. The second-order valence-corrected chi connectivity index (χ2v) is 7.37. The number of urea groups is 1. The monoisotopic (exact) mass is 499 g/mol. The number of pyridine rings is 1. The molecular weight excluding hydrogens is 479 g/mol. The third-order valence-corrected chi connectivity index (χ3v) is 4.61. The zero-order valence-corrected chi connectivity index (χ0v) is 19.1. The van der Waals surface area contributed by atoms with Gasteiger partial charge in [0.15, 0.2) is 5.69 Å². The van der Waals surface area contributed by atoms with E-state index in [9.17, 15) is 18.0 Å². The Balaban J connectivity index is 1.73. The molecule has 0 aliphatic carbocycles. The lowest BCUT2D eigenvalue weighted by Crippen LogP contribution is -2.28. The molecule has 3 aromatic heterocycles. The summed E-state index contributed by atoms with van der Waals surface area (Å²) in [6.45, 7) is 3.60. The maximum absolute atomic E-state index is 13.4. The predicted octanol–water partition coefficient (Wildman–Crippen LogP) is 4.11. The zero-order chi connectivity index (χ0) is 24.9. The summed E-state index contributed by atoms with van der Waals surface area (Å²) in [6.07, 6.45) is -4.69. The Bertz CT molecular complexity index is 1170. The molecule has 3 aromatic rings. The molecule has 0 unspecified atom stereocenters. The van der Waals surface area contributed by atoms with Gasteiger partial charge in [-0.2, -0.15) is 23.4 Å². The summed E-state index contributed by atoms with van der Waals surface area (Å²) in [5.74, 6) is 0.257. The molecule has 3 heterocycles. The number of nitrogens with zero attached hydrogens (tertiary/aromatic N) is 4. The summed E-state index contributed by atoms with van der Waals surface area (Å²) in [7, 11) is 1.35. The van der Waals surface area contributed by atoms with Crippen molar-refractivity contribution in [3.05, 3.63) is 46.0 Å². The molecule has 0 fully saturated rings. The second-order valence-electron chi connectivity index (χ2n) is 6.98. The molecule has 0 radical (unpaired) electrons. The number of H-pyrrole nitrogens is 1. The van der Waals surface area contributed by atoms with Crippen LogP contribution in [0.2, 0.25) is 5.15 Å². The first-order valence-corrected chi connectivity index (χ1v) is 10.3. The van der Waals surface area contributed by atoms with E-state index in [2.05, 4.69) is 36.0 Å². The van der Waals surface area contributed by atoms with E-state index in [0.717, 1.165) is 0 Å². The van der Waals surface area contributed by atoms with Gasteiger partial charge in [0.2, 0.25) is 5.88 Å². The lowest BCUT2D eigenvalue weighted by molar-refractivity contribution is -0.140. The highest BCUT2D eigenvalue weighted by molar-refractivity contribution is 6.29. The quantitative estimate of drug-likeness (QED) is 0.398. The second kappa shape index (κ2) is 10.7. The van der Waals surface area contributed by atoms with Gasteiger partial charge < -0.3 is 20.1 Å². The van der Waals surface area contributed by atoms with E-state index in [1.165, 1.54) is 25.3 Å². The van der Waals surface area contributed by atoms with Gasteiger partial charge in [-0.25, -0.2) is 9.78 Å². The van der Waals surface area contributed by atoms with Crippen LogP contribution in [0.5, 0.6) is 5.88 Å². The van der Waals surface area contributed by atoms with Crippen LogP contribution in [0.1, 0.15) is 29.6 Å². The van der Waals surface area contributed by atoms with Gasteiger partial charge in [0.1, 0.15) is 10.8 Å². The minimum atomic E-state index is -4.69. The van der Waals surface area contributed by atoms with Crippen molar-refractivity contribution >= 4 is 23.3 Å². The van der Waals surface area contributed by atoms with E-state index in [-0.39, 0.29) is 41.1 Å². The van der Waals surface area contributed by atoms with Crippen molar-refractivity contribution in [1.82, 2.24) is 30.7 Å². The topological polar surface area (TPSA) is 127 Å². The predicted molar refractivity (Wildman–Crippen MR) is 116 cm³/mol. The van der Waals surface area contributed by atoms with Gasteiger partial charge in [-0.15, -0.1) is 5.10 Å².